The standard InChI is InChI=1S/C27H38N4O3/c1-19-13-21-16-28-24(29-25(32)22-5-11-33-17-26(22,2)3)15-20(21)14-23(19)30-7-9-31(10-8-30)27(4)6-12-34-18-27/h13-16,22H,5-12,17-18H2,1-4H3,(H,28,29,32)/t22-,27+/m1/s1. The van der Waals surface area contributed by atoms with E-state index in [2.05, 4.69) is 59.9 Å². The Bertz CT molecular complexity index is 1060. The van der Waals surface area contributed by atoms with Crippen molar-refractivity contribution in [1.29, 1.82) is 0 Å². The molecule has 2 atom stereocenters. The fraction of sp³-hybridized carbons (Fsp3) is 0.630. The number of anilines is 2. The van der Waals surface area contributed by atoms with Gasteiger partial charge in [-0.2, -0.15) is 0 Å². The van der Waals surface area contributed by atoms with E-state index in [1.165, 1.54) is 11.3 Å². The van der Waals surface area contributed by atoms with Gasteiger partial charge in [0.25, 0.3) is 0 Å². The van der Waals surface area contributed by atoms with Crippen LogP contribution in [0.2, 0.25) is 0 Å². The molecule has 1 aromatic heterocycles. The number of fused-ring (bicyclic) bond motifs is 1. The number of hydrogen-bond donors (Lipinski definition) is 1. The van der Waals surface area contributed by atoms with Crippen LogP contribution in [0.5, 0.6) is 0 Å². The van der Waals surface area contributed by atoms with Crippen molar-refractivity contribution in [3.05, 3.63) is 30.0 Å². The van der Waals surface area contributed by atoms with Gasteiger partial charge in [0, 0.05) is 68.1 Å². The van der Waals surface area contributed by atoms with Gasteiger partial charge in [-0.3, -0.25) is 9.69 Å². The molecular weight excluding hydrogens is 428 g/mol. The van der Waals surface area contributed by atoms with Crippen molar-refractivity contribution in [3.8, 4) is 0 Å². The second-order valence-electron chi connectivity index (χ2n) is 11.2. The van der Waals surface area contributed by atoms with Gasteiger partial charge in [0.1, 0.15) is 5.82 Å². The number of aryl methyl sites for hydroxylation is 1. The monoisotopic (exact) mass is 466 g/mol. The number of benzene rings is 1. The molecule has 34 heavy (non-hydrogen) atoms. The molecule has 0 radical (unpaired) electrons. The van der Waals surface area contributed by atoms with Crippen molar-refractivity contribution in [2.75, 3.05) is 62.8 Å². The summed E-state index contributed by atoms with van der Waals surface area (Å²) in [4.78, 5) is 22.7. The molecule has 0 spiro atoms. The van der Waals surface area contributed by atoms with Crippen molar-refractivity contribution >= 4 is 28.2 Å². The zero-order chi connectivity index (χ0) is 23.9. The number of ether oxygens (including phenoxy) is 2. The highest BCUT2D eigenvalue weighted by molar-refractivity contribution is 5.95. The first-order valence-electron chi connectivity index (χ1n) is 12.6. The van der Waals surface area contributed by atoms with Gasteiger partial charge in [-0.15, -0.1) is 0 Å². The Labute approximate surface area is 202 Å². The molecule has 0 unspecified atom stereocenters. The summed E-state index contributed by atoms with van der Waals surface area (Å²) in [6, 6.07) is 6.48. The maximum absolute atomic E-state index is 13.0. The van der Waals surface area contributed by atoms with Crippen LogP contribution < -0.4 is 10.2 Å². The van der Waals surface area contributed by atoms with Gasteiger partial charge in [-0.05, 0) is 61.3 Å². The Hall–Kier alpha value is -2.22. The number of nitrogens with zero attached hydrogens (tertiary/aromatic N) is 3. The van der Waals surface area contributed by atoms with E-state index in [1.807, 2.05) is 12.3 Å². The lowest BCUT2D eigenvalue weighted by molar-refractivity contribution is -0.130. The highest BCUT2D eigenvalue weighted by Crippen LogP contribution is 2.35. The molecule has 184 valence electrons. The Balaban J connectivity index is 1.31. The molecule has 4 heterocycles. The molecule has 2 aromatic rings. The van der Waals surface area contributed by atoms with Crippen LogP contribution in [0.15, 0.2) is 24.4 Å². The minimum atomic E-state index is -0.173. The molecule has 7 heteroatoms. The zero-order valence-corrected chi connectivity index (χ0v) is 21.0. The van der Waals surface area contributed by atoms with E-state index in [-0.39, 0.29) is 22.8 Å². The van der Waals surface area contributed by atoms with Crippen LogP contribution in [0.4, 0.5) is 11.5 Å². The Morgan fingerprint density at radius 3 is 2.50 bits per heavy atom. The number of aromatic nitrogens is 1. The molecule has 5 rings (SSSR count). The predicted octanol–water partition coefficient (Wildman–Crippen LogP) is 3.85. The first kappa shape index (κ1) is 23.5. The van der Waals surface area contributed by atoms with Gasteiger partial charge >= 0.3 is 0 Å². The smallest absolute Gasteiger partial charge is 0.229 e. The Kier molecular flexibility index (Phi) is 6.29. The van der Waals surface area contributed by atoms with E-state index in [4.69, 9.17) is 9.47 Å². The van der Waals surface area contributed by atoms with E-state index < -0.39 is 0 Å². The average Bonchev–Trinajstić information content (AvgIpc) is 3.26. The number of carbonyl (C=O) groups is 1. The fourth-order valence-electron chi connectivity index (χ4n) is 5.82. The third kappa shape index (κ3) is 4.53. The molecule has 0 bridgehead atoms. The molecule has 3 fully saturated rings. The lowest BCUT2D eigenvalue weighted by atomic mass is 9.76. The minimum absolute atomic E-state index is 0.0352. The largest absolute Gasteiger partial charge is 0.381 e. The summed E-state index contributed by atoms with van der Waals surface area (Å²) in [5.74, 6) is 0.581. The number of amides is 1. The Morgan fingerprint density at radius 2 is 1.79 bits per heavy atom. The molecule has 3 saturated heterocycles. The maximum atomic E-state index is 13.0. The predicted molar refractivity (Wildman–Crippen MR) is 135 cm³/mol. The number of hydrogen-bond acceptors (Lipinski definition) is 6. The first-order chi connectivity index (χ1) is 16.2. The van der Waals surface area contributed by atoms with Gasteiger partial charge in [0.2, 0.25) is 5.91 Å². The van der Waals surface area contributed by atoms with Crippen LogP contribution >= 0.6 is 0 Å². The summed E-state index contributed by atoms with van der Waals surface area (Å²) < 4.78 is 11.3. The van der Waals surface area contributed by atoms with Gasteiger partial charge < -0.3 is 19.7 Å². The SMILES string of the molecule is Cc1cc2cnc(NC(=O)[C@H]3CCOCC3(C)C)cc2cc1N1CCN([C@@]2(C)CCOC2)CC1. The van der Waals surface area contributed by atoms with Gasteiger partial charge in [0.15, 0.2) is 0 Å². The van der Waals surface area contributed by atoms with Crippen LogP contribution in [0.25, 0.3) is 10.8 Å². The van der Waals surface area contributed by atoms with Crippen LogP contribution in [-0.4, -0.2) is 73.9 Å². The van der Waals surface area contributed by atoms with Crippen LogP contribution in [0.1, 0.15) is 39.2 Å². The molecule has 7 nitrogen and oxygen atoms in total. The van der Waals surface area contributed by atoms with Gasteiger partial charge in [-0.1, -0.05) is 13.8 Å². The number of rotatable bonds is 4. The summed E-state index contributed by atoms with van der Waals surface area (Å²) in [6.07, 6.45) is 3.73. The van der Waals surface area contributed by atoms with Crippen molar-refractivity contribution in [2.45, 2.75) is 46.1 Å². The molecule has 0 aliphatic carbocycles. The lowest BCUT2D eigenvalue weighted by Gasteiger charge is -2.44. The van der Waals surface area contributed by atoms with Crippen molar-refractivity contribution in [1.82, 2.24) is 9.88 Å². The van der Waals surface area contributed by atoms with Crippen LogP contribution in [0.3, 0.4) is 0 Å². The van der Waals surface area contributed by atoms with Crippen molar-refractivity contribution < 1.29 is 14.3 Å². The molecule has 1 N–H and O–H groups in total. The zero-order valence-electron chi connectivity index (χ0n) is 21.0. The summed E-state index contributed by atoms with van der Waals surface area (Å²) in [7, 11) is 0. The van der Waals surface area contributed by atoms with Crippen LogP contribution in [0, 0.1) is 18.3 Å². The first-order valence-corrected chi connectivity index (χ1v) is 12.6. The number of carbonyl (C=O) groups excluding carboxylic acids is 1. The number of pyridine rings is 1. The van der Waals surface area contributed by atoms with Crippen molar-refractivity contribution in [3.63, 3.8) is 0 Å². The average molecular weight is 467 g/mol. The van der Waals surface area contributed by atoms with E-state index >= 15 is 0 Å². The molecule has 0 saturated carbocycles. The number of nitrogens with one attached hydrogen (secondary N) is 1. The Morgan fingerprint density at radius 1 is 1.03 bits per heavy atom. The third-order valence-electron chi connectivity index (χ3n) is 8.15. The van der Waals surface area contributed by atoms with Crippen LogP contribution in [-0.2, 0) is 14.3 Å². The highest BCUT2D eigenvalue weighted by Gasteiger charge is 2.39. The maximum Gasteiger partial charge on any atom is 0.229 e. The molecule has 1 amide bonds. The van der Waals surface area contributed by atoms with Crippen molar-refractivity contribution in [2.24, 2.45) is 11.3 Å². The molecule has 3 aliphatic rings. The minimum Gasteiger partial charge on any atom is -0.381 e. The topological polar surface area (TPSA) is 66.9 Å². The normalized spacial score (nSPS) is 27.8. The molecule has 1 aromatic carbocycles. The summed E-state index contributed by atoms with van der Waals surface area (Å²) in [5, 5.41) is 5.28. The highest BCUT2D eigenvalue weighted by atomic mass is 16.5. The molecule has 3 aliphatic heterocycles. The lowest BCUT2D eigenvalue weighted by Crippen LogP contribution is -2.56. The van der Waals surface area contributed by atoms with Gasteiger partial charge in [-0.25, -0.2) is 4.98 Å². The third-order valence-corrected chi connectivity index (χ3v) is 8.15. The summed E-state index contributed by atoms with van der Waals surface area (Å²) >= 11 is 0. The van der Waals surface area contributed by atoms with E-state index in [0.717, 1.165) is 63.0 Å². The second-order valence-corrected chi connectivity index (χ2v) is 11.2. The summed E-state index contributed by atoms with van der Waals surface area (Å²) in [6.45, 7) is 15.8. The number of piperazine rings is 1. The second kappa shape index (κ2) is 9.10. The summed E-state index contributed by atoms with van der Waals surface area (Å²) in [5.41, 5.74) is 2.54. The van der Waals surface area contributed by atoms with Gasteiger partial charge in [0.05, 0.1) is 13.2 Å². The van der Waals surface area contributed by atoms with E-state index in [9.17, 15) is 4.79 Å². The quantitative estimate of drug-likeness (QED) is 0.739. The van der Waals surface area contributed by atoms with E-state index in [0.29, 0.717) is 19.0 Å². The fourth-order valence-corrected chi connectivity index (χ4v) is 5.82. The van der Waals surface area contributed by atoms with E-state index in [1.54, 1.807) is 0 Å². The molecular formula is C27H38N4O3.